The molecule has 42 heavy (non-hydrogen) atoms. The van der Waals surface area contributed by atoms with Gasteiger partial charge < -0.3 is 10.0 Å². The van der Waals surface area contributed by atoms with Gasteiger partial charge >= 0.3 is 5.97 Å². The van der Waals surface area contributed by atoms with Gasteiger partial charge in [-0.15, -0.1) is 0 Å². The van der Waals surface area contributed by atoms with E-state index >= 15 is 0 Å². The van der Waals surface area contributed by atoms with E-state index in [2.05, 4.69) is 11.8 Å². The van der Waals surface area contributed by atoms with Crippen molar-refractivity contribution in [2.75, 3.05) is 18.0 Å². The third-order valence-corrected chi connectivity index (χ3v) is 9.77. The normalized spacial score (nSPS) is 21.5. The molecule has 3 fully saturated rings. The van der Waals surface area contributed by atoms with Crippen molar-refractivity contribution in [2.24, 2.45) is 11.8 Å². The molecule has 2 aromatic rings. The Balaban J connectivity index is 1.34. The van der Waals surface area contributed by atoms with Crippen LogP contribution in [0.5, 0.6) is 0 Å². The van der Waals surface area contributed by atoms with Crippen LogP contribution in [0, 0.1) is 23.7 Å². The quantitative estimate of drug-likeness (QED) is 0.311. The van der Waals surface area contributed by atoms with Gasteiger partial charge in [-0.25, -0.2) is 0 Å². The second-order valence-electron chi connectivity index (χ2n) is 11.7. The fourth-order valence-corrected chi connectivity index (χ4v) is 7.47. The van der Waals surface area contributed by atoms with Crippen molar-refractivity contribution in [3.05, 3.63) is 58.5 Å². The molecular formula is C34H34N2O5S. The highest BCUT2D eigenvalue weighted by atomic mass is 32.2. The predicted molar refractivity (Wildman–Crippen MR) is 164 cm³/mol. The van der Waals surface area contributed by atoms with E-state index in [1.807, 2.05) is 42.5 Å². The highest BCUT2D eigenvalue weighted by Crippen LogP contribution is 2.46. The SMILES string of the molecule is O=C(O)CN1C(=O)S/C(=C2\C(=O)N(CC3CCCCC3)c3ccc(-c4ccc(C#CC5CCCCC5)cc4)cc32)C1=O. The Morgan fingerprint density at radius 2 is 1.50 bits per heavy atom. The minimum Gasteiger partial charge on any atom is -0.480 e. The molecule has 0 aromatic heterocycles. The van der Waals surface area contributed by atoms with Gasteiger partial charge in [-0.05, 0) is 78.8 Å². The minimum atomic E-state index is -1.28. The van der Waals surface area contributed by atoms with Gasteiger partial charge in [0.15, 0.2) is 0 Å². The Labute approximate surface area is 250 Å². The van der Waals surface area contributed by atoms with E-state index < -0.39 is 23.7 Å². The number of imide groups is 1. The summed E-state index contributed by atoms with van der Waals surface area (Å²) in [5, 5.41) is 8.55. The fraction of sp³-hybridized carbons (Fsp3) is 0.412. The second-order valence-corrected chi connectivity index (χ2v) is 12.7. The molecule has 1 N–H and O–H groups in total. The average Bonchev–Trinajstić information content (AvgIpc) is 3.43. The maximum atomic E-state index is 13.9. The predicted octanol–water partition coefficient (Wildman–Crippen LogP) is 6.70. The third-order valence-electron chi connectivity index (χ3n) is 8.79. The first-order valence-corrected chi connectivity index (χ1v) is 15.8. The lowest BCUT2D eigenvalue weighted by molar-refractivity contribution is -0.140. The van der Waals surface area contributed by atoms with Gasteiger partial charge in [-0.2, -0.15) is 0 Å². The summed E-state index contributed by atoms with van der Waals surface area (Å²) in [6.07, 6.45) is 11.8. The number of carbonyl (C=O) groups excluding carboxylic acids is 3. The van der Waals surface area contributed by atoms with Gasteiger partial charge in [0, 0.05) is 23.6 Å². The summed E-state index contributed by atoms with van der Waals surface area (Å²) >= 11 is 0.648. The van der Waals surface area contributed by atoms with Crippen LogP contribution in [0.3, 0.4) is 0 Å². The van der Waals surface area contributed by atoms with Crippen molar-refractivity contribution < 1.29 is 24.3 Å². The Morgan fingerprint density at radius 1 is 0.833 bits per heavy atom. The summed E-state index contributed by atoms with van der Waals surface area (Å²) in [7, 11) is 0. The largest absolute Gasteiger partial charge is 0.480 e. The molecule has 2 aromatic carbocycles. The molecule has 0 radical (unpaired) electrons. The van der Waals surface area contributed by atoms with Crippen LogP contribution in [0.15, 0.2) is 47.4 Å². The van der Waals surface area contributed by atoms with E-state index in [-0.39, 0.29) is 16.4 Å². The number of rotatable bonds is 5. The first-order chi connectivity index (χ1) is 20.4. The molecule has 0 unspecified atom stereocenters. The van der Waals surface area contributed by atoms with E-state index in [1.54, 1.807) is 4.90 Å². The maximum Gasteiger partial charge on any atom is 0.323 e. The van der Waals surface area contributed by atoms with Crippen molar-refractivity contribution in [1.29, 1.82) is 0 Å². The summed E-state index contributed by atoms with van der Waals surface area (Å²) in [5.74, 6) is 5.30. The number of aliphatic carboxylic acids is 1. The molecule has 2 aliphatic carbocycles. The van der Waals surface area contributed by atoms with E-state index in [4.69, 9.17) is 0 Å². The van der Waals surface area contributed by atoms with Gasteiger partial charge in [-0.3, -0.25) is 24.1 Å². The van der Waals surface area contributed by atoms with Crippen LogP contribution in [0.2, 0.25) is 0 Å². The number of fused-ring (bicyclic) bond motifs is 1. The van der Waals surface area contributed by atoms with Crippen molar-refractivity contribution >= 4 is 46.0 Å². The van der Waals surface area contributed by atoms with Crippen LogP contribution in [0.1, 0.15) is 75.3 Å². The lowest BCUT2D eigenvalue weighted by Gasteiger charge is -2.27. The molecule has 8 heteroatoms. The molecule has 7 nitrogen and oxygen atoms in total. The van der Waals surface area contributed by atoms with Gasteiger partial charge in [0.2, 0.25) is 0 Å². The minimum absolute atomic E-state index is 0.00382. The molecule has 2 saturated carbocycles. The Kier molecular flexibility index (Phi) is 8.21. The van der Waals surface area contributed by atoms with Crippen LogP contribution < -0.4 is 4.90 Å². The second kappa shape index (κ2) is 12.2. The number of thioether (sulfide) groups is 1. The zero-order valence-corrected chi connectivity index (χ0v) is 24.4. The lowest BCUT2D eigenvalue weighted by atomic mass is 9.89. The number of hydrogen-bond donors (Lipinski definition) is 1. The maximum absolute atomic E-state index is 13.9. The van der Waals surface area contributed by atoms with E-state index in [0.717, 1.165) is 48.1 Å². The zero-order chi connectivity index (χ0) is 29.2. The third kappa shape index (κ3) is 5.76. The summed E-state index contributed by atoms with van der Waals surface area (Å²) in [6.45, 7) is -0.174. The topological polar surface area (TPSA) is 95.0 Å². The Bertz CT molecular complexity index is 1520. The molecule has 216 valence electrons. The van der Waals surface area contributed by atoms with Crippen molar-refractivity contribution in [2.45, 2.75) is 64.2 Å². The molecule has 0 spiro atoms. The van der Waals surface area contributed by atoms with E-state index in [1.165, 1.54) is 38.5 Å². The van der Waals surface area contributed by atoms with Crippen LogP contribution in [-0.4, -0.2) is 46.1 Å². The summed E-state index contributed by atoms with van der Waals surface area (Å²) in [5.41, 5.74) is 4.33. The molecule has 0 atom stereocenters. The summed E-state index contributed by atoms with van der Waals surface area (Å²) < 4.78 is 0. The number of carboxylic acids is 1. The smallest absolute Gasteiger partial charge is 0.323 e. The number of anilines is 1. The zero-order valence-electron chi connectivity index (χ0n) is 23.6. The Hall–Kier alpha value is -3.83. The first kappa shape index (κ1) is 28.3. The molecule has 6 rings (SSSR count). The van der Waals surface area contributed by atoms with Crippen LogP contribution >= 0.6 is 11.8 Å². The molecule has 0 bridgehead atoms. The Morgan fingerprint density at radius 3 is 2.19 bits per heavy atom. The summed E-state index contributed by atoms with van der Waals surface area (Å²) in [4.78, 5) is 53.5. The number of carbonyl (C=O) groups is 4. The van der Waals surface area contributed by atoms with Crippen molar-refractivity contribution in [3.63, 3.8) is 0 Å². The lowest BCUT2D eigenvalue weighted by Crippen LogP contribution is -2.34. The molecule has 2 aliphatic heterocycles. The van der Waals surface area contributed by atoms with E-state index in [0.29, 0.717) is 40.6 Å². The number of carboxylic acid groups (broad SMARTS) is 1. The number of amides is 3. The summed E-state index contributed by atoms with van der Waals surface area (Å²) in [6, 6.07) is 13.9. The first-order valence-electron chi connectivity index (χ1n) is 15.0. The molecule has 2 heterocycles. The fourth-order valence-electron chi connectivity index (χ4n) is 6.54. The van der Waals surface area contributed by atoms with Crippen LogP contribution in [-0.2, 0) is 14.4 Å². The van der Waals surface area contributed by atoms with E-state index in [9.17, 15) is 24.3 Å². The van der Waals surface area contributed by atoms with Gasteiger partial charge in [0.1, 0.15) is 6.54 Å². The van der Waals surface area contributed by atoms with Crippen LogP contribution in [0.4, 0.5) is 10.5 Å². The average molecular weight is 583 g/mol. The molecule has 3 amide bonds. The van der Waals surface area contributed by atoms with Gasteiger partial charge in [0.25, 0.3) is 17.1 Å². The van der Waals surface area contributed by atoms with Gasteiger partial charge in [0.05, 0.1) is 16.2 Å². The number of benzene rings is 2. The molecular weight excluding hydrogens is 548 g/mol. The van der Waals surface area contributed by atoms with Gasteiger partial charge in [-0.1, -0.05) is 68.6 Å². The highest BCUT2D eigenvalue weighted by molar-refractivity contribution is 8.18. The number of hydrogen-bond acceptors (Lipinski definition) is 5. The molecule has 4 aliphatic rings. The molecule has 1 saturated heterocycles. The highest BCUT2D eigenvalue weighted by Gasteiger charge is 2.44. The number of nitrogens with zero attached hydrogens (tertiary/aromatic N) is 2. The van der Waals surface area contributed by atoms with Crippen molar-refractivity contribution in [1.82, 2.24) is 4.90 Å². The van der Waals surface area contributed by atoms with Crippen molar-refractivity contribution in [3.8, 4) is 23.0 Å². The monoisotopic (exact) mass is 582 g/mol. The van der Waals surface area contributed by atoms with Crippen LogP contribution in [0.25, 0.3) is 16.7 Å². The standard InChI is InChI=1S/C34H34N2O5S/c37-29(38)21-36-33(40)31(42-34(36)41)30-27-19-26(17-18-28(27)35(32(30)39)20-24-9-5-2-6-10-24)25-15-13-23(14-16-25)12-11-22-7-3-1-4-8-22/h13-19,22,24H,1-10,20-21H2,(H,37,38)/b31-30-.